The lowest BCUT2D eigenvalue weighted by Gasteiger charge is -2.20. The normalized spacial score (nSPS) is 13.6. The van der Waals surface area contributed by atoms with E-state index in [9.17, 15) is 0 Å². The highest BCUT2D eigenvalue weighted by atomic mass is 15.2. The summed E-state index contributed by atoms with van der Waals surface area (Å²) in [4.78, 5) is 15.4. The smallest absolute Gasteiger partial charge is 0.238 e. The molecule has 0 aliphatic carbocycles. The summed E-state index contributed by atoms with van der Waals surface area (Å²) in [5, 5.41) is 2.39. The summed E-state index contributed by atoms with van der Waals surface area (Å²) < 4.78 is 4.63. The third-order valence-electron chi connectivity index (χ3n) is 8.66. The van der Waals surface area contributed by atoms with Crippen LogP contribution in [0.15, 0.2) is 103 Å². The summed E-state index contributed by atoms with van der Waals surface area (Å²) in [6, 6.07) is 33.9. The minimum absolute atomic E-state index is 0.199. The van der Waals surface area contributed by atoms with Gasteiger partial charge in [-0.1, -0.05) is 98.8 Å². The first kappa shape index (κ1) is 23.8. The van der Waals surface area contributed by atoms with E-state index in [0.29, 0.717) is 17.6 Å². The highest BCUT2D eigenvalue weighted by Crippen LogP contribution is 2.49. The van der Waals surface area contributed by atoms with Crippen molar-refractivity contribution in [3.05, 3.63) is 126 Å². The monoisotopic (exact) mass is 531 g/mol. The molecule has 41 heavy (non-hydrogen) atoms. The second-order valence-corrected chi connectivity index (χ2v) is 11.5. The van der Waals surface area contributed by atoms with Gasteiger partial charge in [0.05, 0.1) is 16.7 Å². The Morgan fingerprint density at radius 1 is 0.610 bits per heavy atom. The number of benzene rings is 4. The Balaban J connectivity index is 1.50. The van der Waals surface area contributed by atoms with Crippen LogP contribution in [-0.4, -0.2) is 24.1 Å². The van der Waals surface area contributed by atoms with E-state index in [-0.39, 0.29) is 5.41 Å². The van der Waals surface area contributed by atoms with Gasteiger partial charge in [0.2, 0.25) is 5.95 Å². The molecular weight excluding hydrogens is 502 g/mol. The topological polar surface area (TPSA) is 48.5 Å². The molecule has 0 bridgehead atoms. The second kappa shape index (κ2) is 8.48. The molecule has 0 radical (unpaired) electrons. The third-order valence-corrected chi connectivity index (χ3v) is 8.66. The van der Waals surface area contributed by atoms with Gasteiger partial charge in [-0.3, -0.25) is 4.57 Å². The summed E-state index contributed by atoms with van der Waals surface area (Å²) >= 11 is 0. The first-order valence-corrected chi connectivity index (χ1v) is 14.1. The minimum Gasteiger partial charge on any atom is -0.317 e. The van der Waals surface area contributed by atoms with Crippen molar-refractivity contribution in [2.24, 2.45) is 0 Å². The molecule has 5 heteroatoms. The quantitative estimate of drug-likeness (QED) is 0.230. The fraction of sp³-hybridized carbons (Fsp3) is 0.139. The van der Waals surface area contributed by atoms with Crippen molar-refractivity contribution in [2.75, 3.05) is 0 Å². The second-order valence-electron chi connectivity index (χ2n) is 11.5. The fourth-order valence-corrected chi connectivity index (χ4v) is 6.62. The zero-order valence-electron chi connectivity index (χ0n) is 23.6. The summed E-state index contributed by atoms with van der Waals surface area (Å²) in [5.41, 5.74) is 10.1. The molecule has 0 N–H and O–H groups in total. The molecule has 8 rings (SSSR count). The SMILES string of the molecule is Cc1ccccc1-c1nc(-c2ccccc2C)nc(-n2c3ccccc3c3cn4c(c32)C(C)(C)c2ccccc2-4)n1. The van der Waals surface area contributed by atoms with Crippen LogP contribution in [0.2, 0.25) is 0 Å². The van der Waals surface area contributed by atoms with E-state index in [4.69, 9.17) is 15.0 Å². The van der Waals surface area contributed by atoms with Gasteiger partial charge < -0.3 is 4.57 Å². The molecule has 5 nitrogen and oxygen atoms in total. The highest BCUT2D eigenvalue weighted by molar-refractivity contribution is 6.11. The van der Waals surface area contributed by atoms with Crippen molar-refractivity contribution in [2.45, 2.75) is 33.1 Å². The van der Waals surface area contributed by atoms with E-state index in [1.165, 1.54) is 27.7 Å². The van der Waals surface area contributed by atoms with E-state index < -0.39 is 0 Å². The lowest BCUT2D eigenvalue weighted by Crippen LogP contribution is -2.17. The molecule has 0 saturated carbocycles. The van der Waals surface area contributed by atoms with Crippen LogP contribution < -0.4 is 0 Å². The number of para-hydroxylation sites is 2. The van der Waals surface area contributed by atoms with Gasteiger partial charge in [0.1, 0.15) is 0 Å². The molecule has 0 unspecified atom stereocenters. The van der Waals surface area contributed by atoms with Crippen LogP contribution in [0.5, 0.6) is 0 Å². The van der Waals surface area contributed by atoms with E-state index in [1.54, 1.807) is 0 Å². The summed E-state index contributed by atoms with van der Waals surface area (Å²) in [6.45, 7) is 8.85. The molecular formula is C36H29N5. The first-order valence-electron chi connectivity index (χ1n) is 14.1. The van der Waals surface area contributed by atoms with Gasteiger partial charge in [0, 0.05) is 39.2 Å². The van der Waals surface area contributed by atoms with Crippen molar-refractivity contribution in [1.29, 1.82) is 0 Å². The van der Waals surface area contributed by atoms with Crippen LogP contribution >= 0.6 is 0 Å². The van der Waals surface area contributed by atoms with Gasteiger partial charge in [0.15, 0.2) is 11.6 Å². The molecule has 198 valence electrons. The molecule has 0 spiro atoms. The lowest BCUT2D eigenvalue weighted by atomic mass is 9.83. The number of nitrogens with zero attached hydrogens (tertiary/aromatic N) is 5. The van der Waals surface area contributed by atoms with Crippen LogP contribution in [0.4, 0.5) is 0 Å². The summed E-state index contributed by atoms with van der Waals surface area (Å²) in [7, 11) is 0. The van der Waals surface area contributed by atoms with Gasteiger partial charge in [-0.15, -0.1) is 0 Å². The zero-order valence-corrected chi connectivity index (χ0v) is 23.6. The number of hydrogen-bond acceptors (Lipinski definition) is 3. The number of aromatic nitrogens is 5. The number of hydrogen-bond donors (Lipinski definition) is 0. The molecule has 0 amide bonds. The predicted octanol–water partition coefficient (Wildman–Crippen LogP) is 8.35. The average molecular weight is 532 g/mol. The lowest BCUT2D eigenvalue weighted by molar-refractivity contribution is 0.645. The maximum atomic E-state index is 5.20. The standard InChI is InChI=1S/C36H29N5/c1-22-13-5-7-15-24(22)33-37-34(25-16-8-6-14-23(25)2)39-35(38-33)41-29-19-11-9-17-26(29)27-21-40-30-20-12-10-18-28(30)36(3,4)32(40)31(27)41/h5-21H,1-4H3. The fourth-order valence-electron chi connectivity index (χ4n) is 6.62. The van der Waals surface area contributed by atoms with Gasteiger partial charge in [-0.2, -0.15) is 9.97 Å². The Labute approximate surface area is 238 Å². The van der Waals surface area contributed by atoms with Crippen LogP contribution in [0, 0.1) is 13.8 Å². The van der Waals surface area contributed by atoms with Gasteiger partial charge >= 0.3 is 0 Å². The molecule has 0 atom stereocenters. The Bertz CT molecular complexity index is 2100. The number of fused-ring (bicyclic) bond motifs is 7. The number of aryl methyl sites for hydroxylation is 2. The van der Waals surface area contributed by atoms with Crippen LogP contribution in [-0.2, 0) is 5.41 Å². The van der Waals surface area contributed by atoms with Gasteiger partial charge in [-0.25, -0.2) is 4.98 Å². The van der Waals surface area contributed by atoms with E-state index in [2.05, 4.69) is 128 Å². The molecule has 1 aliphatic rings. The van der Waals surface area contributed by atoms with Crippen LogP contribution in [0.25, 0.3) is 56.2 Å². The Morgan fingerprint density at radius 3 is 1.88 bits per heavy atom. The van der Waals surface area contributed by atoms with Crippen molar-refractivity contribution in [3.8, 4) is 34.4 Å². The Morgan fingerprint density at radius 2 is 1.20 bits per heavy atom. The maximum Gasteiger partial charge on any atom is 0.238 e. The van der Waals surface area contributed by atoms with Crippen LogP contribution in [0.3, 0.4) is 0 Å². The summed E-state index contributed by atoms with van der Waals surface area (Å²) in [5.74, 6) is 1.98. The molecule has 3 aromatic heterocycles. The average Bonchev–Trinajstić information content (AvgIpc) is 3.59. The van der Waals surface area contributed by atoms with Crippen LogP contribution in [0.1, 0.15) is 36.2 Å². The Kier molecular flexibility index (Phi) is 4.93. The zero-order chi connectivity index (χ0) is 27.9. The van der Waals surface area contributed by atoms with Gasteiger partial charge in [0.25, 0.3) is 0 Å². The van der Waals surface area contributed by atoms with E-state index in [1.807, 2.05) is 12.1 Å². The number of rotatable bonds is 3. The molecule has 0 fully saturated rings. The van der Waals surface area contributed by atoms with E-state index in [0.717, 1.165) is 33.3 Å². The van der Waals surface area contributed by atoms with Crippen molar-refractivity contribution >= 4 is 21.8 Å². The molecule has 7 aromatic rings. The predicted molar refractivity (Wildman–Crippen MR) is 166 cm³/mol. The Hall–Kier alpha value is -5.03. The molecule has 4 aromatic carbocycles. The van der Waals surface area contributed by atoms with E-state index >= 15 is 0 Å². The summed E-state index contributed by atoms with van der Waals surface area (Å²) in [6.07, 6.45) is 2.29. The first-order chi connectivity index (χ1) is 19.9. The van der Waals surface area contributed by atoms with Gasteiger partial charge in [-0.05, 0) is 42.7 Å². The minimum atomic E-state index is -0.199. The highest BCUT2D eigenvalue weighted by Gasteiger charge is 2.40. The molecule has 4 heterocycles. The molecule has 0 saturated heterocycles. The van der Waals surface area contributed by atoms with Crippen molar-refractivity contribution in [3.63, 3.8) is 0 Å². The maximum absolute atomic E-state index is 5.20. The molecule has 1 aliphatic heterocycles. The van der Waals surface area contributed by atoms with Crippen molar-refractivity contribution < 1.29 is 0 Å². The van der Waals surface area contributed by atoms with Crippen molar-refractivity contribution in [1.82, 2.24) is 24.1 Å². The largest absolute Gasteiger partial charge is 0.317 e. The third kappa shape index (κ3) is 3.32.